The molecule has 0 bridgehead atoms. The molecule has 0 heterocycles. The molecule has 0 radical (unpaired) electrons. The summed E-state index contributed by atoms with van der Waals surface area (Å²) in [7, 11) is 0. The van der Waals surface area contributed by atoms with E-state index in [1.165, 1.54) is 0 Å². The highest BCUT2D eigenvalue weighted by atomic mass is 16.6. The predicted octanol–water partition coefficient (Wildman–Crippen LogP) is 3.39. The van der Waals surface area contributed by atoms with E-state index in [1.807, 2.05) is 19.1 Å². The van der Waals surface area contributed by atoms with E-state index in [-0.39, 0.29) is 13.2 Å². The van der Waals surface area contributed by atoms with Crippen LogP contribution in [0.2, 0.25) is 0 Å². The van der Waals surface area contributed by atoms with Crippen molar-refractivity contribution >= 4 is 12.1 Å². The minimum absolute atomic E-state index is 0.0561. The van der Waals surface area contributed by atoms with Gasteiger partial charge >= 0.3 is 12.1 Å². The highest BCUT2D eigenvalue weighted by Gasteiger charge is 2.40. The second-order valence-electron chi connectivity index (χ2n) is 7.64. The molecular weight excluding hydrogens is 334 g/mol. The van der Waals surface area contributed by atoms with Crippen LogP contribution in [0.1, 0.15) is 57.6 Å². The lowest BCUT2D eigenvalue weighted by molar-refractivity contribution is -0.144. The van der Waals surface area contributed by atoms with Crippen LogP contribution in [0, 0.1) is 6.92 Å². The number of amides is 1. The zero-order valence-electron chi connectivity index (χ0n) is 16.2. The minimum atomic E-state index is -1.24. The monoisotopic (exact) mass is 365 g/mol. The zero-order valence-corrected chi connectivity index (χ0v) is 16.2. The molecule has 1 rings (SSSR count). The Morgan fingerprint density at radius 2 is 1.69 bits per heavy atom. The number of ether oxygens (including phenoxy) is 1. The van der Waals surface area contributed by atoms with Gasteiger partial charge in [0.15, 0.2) is 0 Å². The summed E-state index contributed by atoms with van der Waals surface area (Å²) in [5, 5.41) is 21.6. The lowest BCUT2D eigenvalue weighted by atomic mass is 9.76. The summed E-state index contributed by atoms with van der Waals surface area (Å²) in [4.78, 5) is 24.3. The summed E-state index contributed by atoms with van der Waals surface area (Å²) in [6.07, 6.45) is 1.72. The van der Waals surface area contributed by atoms with E-state index >= 15 is 0 Å². The number of nitrogens with one attached hydrogen (secondary N) is 1. The number of aliphatic hydroxyl groups is 1. The number of rotatable bonds is 9. The normalized spacial score (nSPS) is 13.7. The van der Waals surface area contributed by atoms with Gasteiger partial charge in [0.05, 0.1) is 0 Å². The third-order valence-electron chi connectivity index (χ3n) is 4.21. The van der Waals surface area contributed by atoms with Crippen molar-refractivity contribution in [3.63, 3.8) is 0 Å². The standard InChI is InChI=1S/C20H31NO5/c1-15-8-10-16(11-9-15)20(17(23)24,12-6-5-7-13-22)14-21-18(25)26-19(2,3)4/h8-11,22H,5-7,12-14H2,1-4H3,(H,21,25)(H,23,24). The van der Waals surface area contributed by atoms with Gasteiger partial charge in [-0.2, -0.15) is 0 Å². The third kappa shape index (κ3) is 6.67. The fourth-order valence-corrected chi connectivity index (χ4v) is 2.77. The lowest BCUT2D eigenvalue weighted by Crippen LogP contribution is -2.47. The first-order chi connectivity index (χ1) is 12.1. The van der Waals surface area contributed by atoms with Crippen LogP contribution in [0.25, 0.3) is 0 Å². The molecule has 1 aromatic rings. The van der Waals surface area contributed by atoms with Crippen molar-refractivity contribution in [1.82, 2.24) is 5.32 Å². The van der Waals surface area contributed by atoms with E-state index in [4.69, 9.17) is 9.84 Å². The number of carbonyl (C=O) groups is 2. The van der Waals surface area contributed by atoms with E-state index in [0.29, 0.717) is 24.8 Å². The smallest absolute Gasteiger partial charge is 0.407 e. The Balaban J connectivity index is 3.03. The Bertz CT molecular complexity index is 591. The van der Waals surface area contributed by atoms with Crippen molar-refractivity contribution < 1.29 is 24.5 Å². The molecule has 1 atom stereocenters. The van der Waals surface area contributed by atoms with E-state index in [9.17, 15) is 14.7 Å². The summed E-state index contributed by atoms with van der Waals surface area (Å²) in [6, 6.07) is 7.33. The van der Waals surface area contributed by atoms with E-state index < -0.39 is 23.1 Å². The molecule has 0 aromatic heterocycles. The highest BCUT2D eigenvalue weighted by molar-refractivity contribution is 5.82. The molecule has 0 saturated heterocycles. The number of hydrogen-bond donors (Lipinski definition) is 3. The summed E-state index contributed by atoms with van der Waals surface area (Å²) < 4.78 is 5.23. The van der Waals surface area contributed by atoms with Crippen molar-refractivity contribution in [3.05, 3.63) is 35.4 Å². The minimum Gasteiger partial charge on any atom is -0.481 e. The van der Waals surface area contributed by atoms with Gasteiger partial charge in [-0.05, 0) is 46.1 Å². The molecule has 146 valence electrons. The topological polar surface area (TPSA) is 95.9 Å². The summed E-state index contributed by atoms with van der Waals surface area (Å²) in [5.41, 5.74) is -0.204. The van der Waals surface area contributed by atoms with Crippen LogP contribution >= 0.6 is 0 Å². The molecule has 26 heavy (non-hydrogen) atoms. The Morgan fingerprint density at radius 3 is 2.19 bits per heavy atom. The Kier molecular flexibility index (Phi) is 8.08. The van der Waals surface area contributed by atoms with Gasteiger partial charge in [-0.1, -0.05) is 42.7 Å². The van der Waals surface area contributed by atoms with Gasteiger partial charge in [0, 0.05) is 13.2 Å². The quantitative estimate of drug-likeness (QED) is 0.583. The van der Waals surface area contributed by atoms with E-state index in [1.54, 1.807) is 32.9 Å². The number of carboxylic acid groups (broad SMARTS) is 1. The molecule has 1 unspecified atom stereocenters. The molecule has 1 amide bonds. The molecule has 0 fully saturated rings. The van der Waals surface area contributed by atoms with Gasteiger partial charge < -0.3 is 20.3 Å². The number of carbonyl (C=O) groups excluding carboxylic acids is 1. The molecule has 0 aliphatic carbocycles. The van der Waals surface area contributed by atoms with Gasteiger partial charge in [-0.3, -0.25) is 4.79 Å². The fourth-order valence-electron chi connectivity index (χ4n) is 2.77. The first-order valence-corrected chi connectivity index (χ1v) is 8.99. The first-order valence-electron chi connectivity index (χ1n) is 8.99. The zero-order chi connectivity index (χ0) is 19.8. The summed E-state index contributed by atoms with van der Waals surface area (Å²) in [5.74, 6) is -0.985. The number of aliphatic carboxylic acids is 1. The molecule has 0 spiro atoms. The van der Waals surface area contributed by atoms with Gasteiger partial charge in [-0.15, -0.1) is 0 Å². The average Bonchev–Trinajstić information content (AvgIpc) is 2.53. The predicted molar refractivity (Wildman–Crippen MR) is 100 cm³/mol. The first kappa shape index (κ1) is 22.0. The molecule has 6 nitrogen and oxygen atoms in total. The Morgan fingerprint density at radius 1 is 1.08 bits per heavy atom. The number of benzene rings is 1. The van der Waals surface area contributed by atoms with Crippen LogP contribution < -0.4 is 5.32 Å². The number of hydrogen-bond acceptors (Lipinski definition) is 4. The number of carboxylic acids is 1. The van der Waals surface area contributed by atoms with E-state index in [0.717, 1.165) is 12.0 Å². The highest BCUT2D eigenvalue weighted by Crippen LogP contribution is 2.31. The van der Waals surface area contributed by atoms with Crippen molar-refractivity contribution in [2.24, 2.45) is 0 Å². The average molecular weight is 365 g/mol. The Hall–Kier alpha value is -2.08. The van der Waals surface area contributed by atoms with Gasteiger partial charge in [-0.25, -0.2) is 4.79 Å². The molecule has 3 N–H and O–H groups in total. The van der Waals surface area contributed by atoms with Crippen molar-refractivity contribution in [2.75, 3.05) is 13.2 Å². The largest absolute Gasteiger partial charge is 0.481 e. The summed E-state index contributed by atoms with van der Waals surface area (Å²) >= 11 is 0. The second kappa shape index (κ2) is 9.57. The molecule has 0 aliphatic rings. The molecular formula is C20H31NO5. The molecule has 0 aliphatic heterocycles. The van der Waals surface area contributed by atoms with Crippen LogP contribution in [-0.2, 0) is 14.9 Å². The fraction of sp³-hybridized carbons (Fsp3) is 0.600. The second-order valence-corrected chi connectivity index (χ2v) is 7.64. The third-order valence-corrected chi connectivity index (χ3v) is 4.21. The number of aryl methyl sites for hydroxylation is 1. The molecule has 0 saturated carbocycles. The van der Waals surface area contributed by atoms with Gasteiger partial charge in [0.2, 0.25) is 0 Å². The van der Waals surface area contributed by atoms with Crippen molar-refractivity contribution in [3.8, 4) is 0 Å². The molecule has 1 aromatic carbocycles. The van der Waals surface area contributed by atoms with Crippen molar-refractivity contribution in [2.45, 2.75) is 64.4 Å². The number of unbranched alkanes of at least 4 members (excludes halogenated alkanes) is 2. The van der Waals surface area contributed by atoms with E-state index in [2.05, 4.69) is 5.32 Å². The lowest BCUT2D eigenvalue weighted by Gasteiger charge is -2.31. The van der Waals surface area contributed by atoms with Crippen LogP contribution in [0.4, 0.5) is 4.79 Å². The SMILES string of the molecule is Cc1ccc(C(CCCCCO)(CNC(=O)OC(C)(C)C)C(=O)O)cc1. The number of alkyl carbamates (subject to hydrolysis) is 1. The van der Waals surface area contributed by atoms with Crippen LogP contribution in [-0.4, -0.2) is 41.0 Å². The molecule has 6 heteroatoms. The van der Waals surface area contributed by atoms with Crippen LogP contribution in [0.3, 0.4) is 0 Å². The van der Waals surface area contributed by atoms with Crippen LogP contribution in [0.5, 0.6) is 0 Å². The van der Waals surface area contributed by atoms with Gasteiger partial charge in [0.25, 0.3) is 0 Å². The van der Waals surface area contributed by atoms with Crippen molar-refractivity contribution in [1.29, 1.82) is 0 Å². The Labute approximate surface area is 155 Å². The number of aliphatic hydroxyl groups excluding tert-OH is 1. The maximum atomic E-state index is 12.2. The van der Waals surface area contributed by atoms with Crippen LogP contribution in [0.15, 0.2) is 24.3 Å². The maximum Gasteiger partial charge on any atom is 0.407 e. The van der Waals surface area contributed by atoms with Gasteiger partial charge in [0.1, 0.15) is 11.0 Å². The maximum absolute atomic E-state index is 12.2. The summed E-state index contributed by atoms with van der Waals surface area (Å²) in [6.45, 7) is 7.23.